The first-order valence-corrected chi connectivity index (χ1v) is 12.9. The summed E-state index contributed by atoms with van der Waals surface area (Å²) in [5, 5.41) is 0. The molecule has 42 heavy (non-hydrogen) atoms. The first-order chi connectivity index (χ1) is 19.7. The molecule has 5 rings (SSSR count). The van der Waals surface area contributed by atoms with Crippen LogP contribution in [0, 0.1) is 0 Å². The fourth-order valence-electron chi connectivity index (χ4n) is 4.97. The fraction of sp³-hybridized carbons (Fsp3) is 0.379. The van der Waals surface area contributed by atoms with E-state index in [0.717, 1.165) is 6.07 Å². The molecule has 0 N–H and O–H groups in total. The lowest BCUT2D eigenvalue weighted by Crippen LogP contribution is -2.42. The van der Waals surface area contributed by atoms with Crippen LogP contribution in [0.25, 0.3) is 11.1 Å². The highest BCUT2D eigenvalue weighted by Gasteiger charge is 2.44. The Morgan fingerprint density at radius 1 is 0.905 bits per heavy atom. The number of anilines is 1. The number of benzene rings is 3. The third kappa shape index (κ3) is 6.67. The van der Waals surface area contributed by atoms with Crippen molar-refractivity contribution in [3.8, 4) is 28.4 Å². The van der Waals surface area contributed by atoms with Gasteiger partial charge in [-0.05, 0) is 55.3 Å². The molecule has 2 heterocycles. The van der Waals surface area contributed by atoms with E-state index in [1.54, 1.807) is 44.2 Å². The summed E-state index contributed by atoms with van der Waals surface area (Å²) in [5.41, 5.74) is 1.87. The van der Waals surface area contributed by atoms with Gasteiger partial charge in [-0.25, -0.2) is 0 Å². The van der Waals surface area contributed by atoms with E-state index in [1.165, 1.54) is 30.3 Å². The van der Waals surface area contributed by atoms with Crippen molar-refractivity contribution in [2.45, 2.75) is 50.7 Å². The molecule has 0 amide bonds. The predicted molar refractivity (Wildman–Crippen MR) is 137 cm³/mol. The van der Waals surface area contributed by atoms with Crippen molar-refractivity contribution < 1.29 is 54.4 Å². The van der Waals surface area contributed by atoms with Crippen LogP contribution in [0.1, 0.15) is 25.5 Å². The minimum Gasteiger partial charge on any atom is -0.488 e. The van der Waals surface area contributed by atoms with Crippen LogP contribution >= 0.6 is 0 Å². The maximum atomic E-state index is 13.6. The summed E-state index contributed by atoms with van der Waals surface area (Å²) in [4.78, 5) is 1.90. The van der Waals surface area contributed by atoms with E-state index in [9.17, 15) is 30.7 Å². The van der Waals surface area contributed by atoms with Gasteiger partial charge >= 0.3 is 18.9 Å². The van der Waals surface area contributed by atoms with Crippen LogP contribution in [-0.2, 0) is 9.47 Å². The topological polar surface area (TPSA) is 49.4 Å². The number of para-hydroxylation sites is 1. The van der Waals surface area contributed by atoms with Gasteiger partial charge in [0.1, 0.15) is 24.2 Å². The lowest BCUT2D eigenvalue weighted by Gasteiger charge is -2.40. The zero-order valence-electron chi connectivity index (χ0n) is 22.3. The van der Waals surface area contributed by atoms with Crippen LogP contribution in [-0.4, -0.2) is 50.5 Å². The van der Waals surface area contributed by atoms with Gasteiger partial charge in [-0.1, -0.05) is 36.4 Å². The van der Waals surface area contributed by atoms with Gasteiger partial charge in [0, 0.05) is 12.1 Å². The Labute approximate surface area is 236 Å². The van der Waals surface area contributed by atoms with Gasteiger partial charge in [0.2, 0.25) is 0 Å². The Morgan fingerprint density at radius 2 is 1.60 bits per heavy atom. The number of rotatable bonds is 8. The SMILES string of the molecule is CC1(C)OC[C@H](CN2c3cccc(-c4cccc(OC(F)(F)F)c4)c3OC[C@H]2c2cccc(OC(F)(F)C(F)F)c2)O1. The third-order valence-corrected chi connectivity index (χ3v) is 6.66. The maximum absolute atomic E-state index is 13.6. The molecule has 0 unspecified atom stereocenters. The summed E-state index contributed by atoms with van der Waals surface area (Å²) in [6.07, 6.45) is -14.0. The first kappa shape index (κ1) is 29.8. The van der Waals surface area contributed by atoms with Crippen molar-refractivity contribution in [2.75, 3.05) is 24.7 Å². The summed E-state index contributed by atoms with van der Waals surface area (Å²) in [6.45, 7) is 4.01. The van der Waals surface area contributed by atoms with Crippen LogP contribution in [0.4, 0.5) is 36.4 Å². The Bertz CT molecular complexity index is 1420. The van der Waals surface area contributed by atoms with Gasteiger partial charge in [-0.15, -0.1) is 13.2 Å². The van der Waals surface area contributed by atoms with E-state index in [-0.39, 0.29) is 19.8 Å². The van der Waals surface area contributed by atoms with Gasteiger partial charge < -0.3 is 28.6 Å². The highest BCUT2D eigenvalue weighted by atomic mass is 19.4. The van der Waals surface area contributed by atoms with Crippen LogP contribution in [0.2, 0.25) is 0 Å². The molecule has 1 fully saturated rings. The largest absolute Gasteiger partial charge is 0.573 e. The Balaban J connectivity index is 1.52. The molecule has 0 saturated carbocycles. The molecule has 2 atom stereocenters. The van der Waals surface area contributed by atoms with Crippen LogP contribution in [0.15, 0.2) is 66.7 Å². The monoisotopic (exact) mass is 601 g/mol. The van der Waals surface area contributed by atoms with Crippen molar-refractivity contribution in [2.24, 2.45) is 0 Å². The van der Waals surface area contributed by atoms with Gasteiger partial charge in [-0.2, -0.15) is 17.6 Å². The van der Waals surface area contributed by atoms with Gasteiger partial charge in [0.15, 0.2) is 11.5 Å². The highest BCUT2D eigenvalue weighted by molar-refractivity contribution is 5.80. The second kappa shape index (κ2) is 11.2. The van der Waals surface area contributed by atoms with Gasteiger partial charge in [0.05, 0.1) is 18.3 Å². The number of fused-ring (bicyclic) bond motifs is 1. The number of halogens is 7. The number of ether oxygens (including phenoxy) is 5. The minimum atomic E-state index is -4.87. The normalized spacial score (nSPS) is 20.3. The molecule has 2 aliphatic rings. The number of alkyl halides is 7. The van der Waals surface area contributed by atoms with Gasteiger partial charge in [0.25, 0.3) is 0 Å². The van der Waals surface area contributed by atoms with Crippen LogP contribution < -0.4 is 19.1 Å². The molecule has 0 aliphatic carbocycles. The molecule has 0 spiro atoms. The molecule has 1 saturated heterocycles. The van der Waals surface area contributed by atoms with E-state index in [0.29, 0.717) is 28.1 Å². The van der Waals surface area contributed by atoms with Crippen molar-refractivity contribution in [3.05, 3.63) is 72.3 Å². The number of hydrogen-bond donors (Lipinski definition) is 0. The molecule has 0 aromatic heterocycles. The zero-order chi connectivity index (χ0) is 30.3. The zero-order valence-corrected chi connectivity index (χ0v) is 22.3. The second-order valence-corrected chi connectivity index (χ2v) is 10.2. The Kier molecular flexibility index (Phi) is 7.92. The van der Waals surface area contributed by atoms with Crippen LogP contribution in [0.3, 0.4) is 0 Å². The average Bonchev–Trinajstić information content (AvgIpc) is 3.25. The van der Waals surface area contributed by atoms with Crippen molar-refractivity contribution in [1.82, 2.24) is 0 Å². The molecule has 2 aliphatic heterocycles. The Hall–Kier alpha value is -3.71. The molecule has 3 aromatic carbocycles. The molecular weight excluding hydrogens is 575 g/mol. The van der Waals surface area contributed by atoms with E-state index in [4.69, 9.17) is 14.2 Å². The fourth-order valence-corrected chi connectivity index (χ4v) is 4.97. The molecule has 226 valence electrons. The third-order valence-electron chi connectivity index (χ3n) is 6.66. The molecule has 0 radical (unpaired) electrons. The number of hydrogen-bond acceptors (Lipinski definition) is 6. The van der Waals surface area contributed by atoms with Crippen molar-refractivity contribution in [1.29, 1.82) is 0 Å². The molecular formula is C29H26F7NO5. The predicted octanol–water partition coefficient (Wildman–Crippen LogP) is 7.58. The lowest BCUT2D eigenvalue weighted by atomic mass is 9.98. The van der Waals surface area contributed by atoms with E-state index >= 15 is 0 Å². The quantitative estimate of drug-likeness (QED) is 0.248. The molecule has 13 heteroatoms. The minimum absolute atomic E-state index is 0.0194. The standard InChI is InChI=1S/C29H26F7NO5/c1-27(2)39-15-21(40-27)14-37-23-11-5-10-22(17-6-3-9-20(12-17)42-29(34,35)36)25(23)38-16-24(37)18-7-4-8-19(13-18)41-28(32,33)26(30)31/h3-13,21,24,26H,14-16H2,1-2H3/t21-,24-/m0/s1. The van der Waals surface area contributed by atoms with Gasteiger partial charge in [-0.3, -0.25) is 0 Å². The smallest absolute Gasteiger partial charge is 0.488 e. The average molecular weight is 602 g/mol. The summed E-state index contributed by atoms with van der Waals surface area (Å²) in [6, 6.07) is 15.4. The van der Waals surface area contributed by atoms with Crippen molar-refractivity contribution in [3.63, 3.8) is 0 Å². The molecule has 0 bridgehead atoms. The number of nitrogens with zero attached hydrogens (tertiary/aromatic N) is 1. The Morgan fingerprint density at radius 3 is 2.26 bits per heavy atom. The second-order valence-electron chi connectivity index (χ2n) is 10.2. The summed E-state index contributed by atoms with van der Waals surface area (Å²) in [5.74, 6) is -1.34. The van der Waals surface area contributed by atoms with Crippen molar-refractivity contribution >= 4 is 5.69 Å². The highest BCUT2D eigenvalue weighted by Crippen LogP contribution is 2.46. The van der Waals surface area contributed by atoms with E-state index in [1.807, 2.05) is 4.90 Å². The first-order valence-electron chi connectivity index (χ1n) is 12.9. The van der Waals surface area contributed by atoms with E-state index < -0.39 is 48.3 Å². The molecule has 6 nitrogen and oxygen atoms in total. The lowest BCUT2D eigenvalue weighted by molar-refractivity contribution is -0.274. The molecule has 3 aromatic rings. The summed E-state index contributed by atoms with van der Waals surface area (Å²) in [7, 11) is 0. The summed E-state index contributed by atoms with van der Waals surface area (Å²) < 4.78 is 118. The van der Waals surface area contributed by atoms with E-state index in [2.05, 4.69) is 9.47 Å². The summed E-state index contributed by atoms with van der Waals surface area (Å²) >= 11 is 0. The van der Waals surface area contributed by atoms with Crippen LogP contribution in [0.5, 0.6) is 17.2 Å². The maximum Gasteiger partial charge on any atom is 0.573 e.